The summed E-state index contributed by atoms with van der Waals surface area (Å²) in [6.07, 6.45) is 6.45. The number of nitrogens with zero attached hydrogens (tertiary/aromatic N) is 4. The normalized spacial score (nSPS) is 13.2. The van der Waals surface area contributed by atoms with E-state index in [4.69, 9.17) is 5.84 Å². The molecule has 0 saturated heterocycles. The molecule has 18 heavy (non-hydrogen) atoms. The van der Waals surface area contributed by atoms with E-state index in [0.29, 0.717) is 6.04 Å². The fourth-order valence-corrected chi connectivity index (χ4v) is 1.84. The molecule has 6 nitrogen and oxygen atoms in total. The number of rotatable bonds is 5. The summed E-state index contributed by atoms with van der Waals surface area (Å²) in [7, 11) is 1.94. The Morgan fingerprint density at radius 2 is 2.22 bits per heavy atom. The molecule has 0 aromatic carbocycles. The molecule has 6 heteroatoms. The van der Waals surface area contributed by atoms with Crippen molar-refractivity contribution in [2.75, 3.05) is 0 Å². The number of nitrogens with one attached hydrogen (secondary N) is 1. The molecule has 1 unspecified atom stereocenters. The number of aromatic nitrogens is 4. The first kappa shape index (κ1) is 12.8. The van der Waals surface area contributed by atoms with E-state index in [1.165, 1.54) is 0 Å². The van der Waals surface area contributed by atoms with Crippen molar-refractivity contribution in [3.05, 3.63) is 36.2 Å². The molecular weight excluding hydrogens is 228 g/mol. The van der Waals surface area contributed by atoms with Crippen LogP contribution in [0.3, 0.4) is 0 Å². The van der Waals surface area contributed by atoms with Gasteiger partial charge in [0.2, 0.25) is 0 Å². The number of aryl methyl sites for hydroxylation is 1. The van der Waals surface area contributed by atoms with Gasteiger partial charge in [0.1, 0.15) is 0 Å². The average molecular weight is 248 g/mol. The van der Waals surface area contributed by atoms with Gasteiger partial charge in [-0.15, -0.1) is 0 Å². The van der Waals surface area contributed by atoms with Crippen LogP contribution in [0.4, 0.5) is 0 Å². The largest absolute Gasteiger partial charge is 0.340 e. The highest BCUT2D eigenvalue weighted by Gasteiger charge is 2.15. The third kappa shape index (κ3) is 2.77. The van der Waals surface area contributed by atoms with E-state index in [1.807, 2.05) is 34.8 Å². The Labute approximate surface area is 107 Å². The average Bonchev–Trinajstić information content (AvgIpc) is 2.94. The molecule has 2 aromatic heterocycles. The minimum Gasteiger partial charge on any atom is -0.340 e. The summed E-state index contributed by atoms with van der Waals surface area (Å²) < 4.78 is 3.85. The second-order valence-corrected chi connectivity index (χ2v) is 4.77. The molecule has 0 fully saturated rings. The van der Waals surface area contributed by atoms with E-state index in [0.717, 1.165) is 17.8 Å². The number of imidazole rings is 1. The van der Waals surface area contributed by atoms with Crippen molar-refractivity contribution in [3.63, 3.8) is 0 Å². The predicted octanol–water partition coefficient (Wildman–Crippen LogP) is 0.945. The maximum atomic E-state index is 5.59. The van der Waals surface area contributed by atoms with Crippen LogP contribution in [0.2, 0.25) is 0 Å². The molecule has 2 aromatic rings. The Kier molecular flexibility index (Phi) is 3.78. The SMILES string of the molecule is CC(C)n1ccc(CC(NN)c2cn(C)cn2)n1. The molecule has 0 radical (unpaired) electrons. The van der Waals surface area contributed by atoms with E-state index in [9.17, 15) is 0 Å². The Bertz CT molecular complexity index is 498. The Morgan fingerprint density at radius 1 is 1.44 bits per heavy atom. The maximum absolute atomic E-state index is 5.59. The van der Waals surface area contributed by atoms with Crippen LogP contribution in [0.15, 0.2) is 24.8 Å². The summed E-state index contributed by atoms with van der Waals surface area (Å²) in [5.74, 6) is 5.59. The molecular formula is C12H20N6. The van der Waals surface area contributed by atoms with Gasteiger partial charge in [0.25, 0.3) is 0 Å². The first-order valence-electron chi connectivity index (χ1n) is 6.08. The molecule has 0 saturated carbocycles. The highest BCUT2D eigenvalue weighted by Crippen LogP contribution is 2.15. The predicted molar refractivity (Wildman–Crippen MR) is 69.6 cm³/mol. The Morgan fingerprint density at radius 3 is 2.72 bits per heavy atom. The van der Waals surface area contributed by atoms with Gasteiger partial charge in [-0.05, 0) is 19.9 Å². The zero-order valence-electron chi connectivity index (χ0n) is 11.0. The third-order valence-electron chi connectivity index (χ3n) is 2.89. The molecule has 0 spiro atoms. The van der Waals surface area contributed by atoms with Crippen LogP contribution in [0.1, 0.15) is 37.3 Å². The van der Waals surface area contributed by atoms with Gasteiger partial charge < -0.3 is 4.57 Å². The van der Waals surface area contributed by atoms with E-state index in [1.54, 1.807) is 6.33 Å². The Hall–Kier alpha value is -1.66. The van der Waals surface area contributed by atoms with Crippen molar-refractivity contribution in [1.82, 2.24) is 24.8 Å². The zero-order chi connectivity index (χ0) is 13.1. The fourth-order valence-electron chi connectivity index (χ4n) is 1.84. The van der Waals surface area contributed by atoms with E-state index >= 15 is 0 Å². The van der Waals surface area contributed by atoms with Crippen molar-refractivity contribution in [1.29, 1.82) is 0 Å². The topological polar surface area (TPSA) is 73.7 Å². The highest BCUT2D eigenvalue weighted by atomic mass is 15.3. The van der Waals surface area contributed by atoms with Crippen LogP contribution >= 0.6 is 0 Å². The molecule has 1 atom stereocenters. The number of hydrazine groups is 1. The lowest BCUT2D eigenvalue weighted by molar-refractivity contribution is 0.502. The smallest absolute Gasteiger partial charge is 0.0947 e. The van der Waals surface area contributed by atoms with Gasteiger partial charge in [0.15, 0.2) is 0 Å². The summed E-state index contributed by atoms with van der Waals surface area (Å²) >= 11 is 0. The highest BCUT2D eigenvalue weighted by molar-refractivity contribution is 5.10. The van der Waals surface area contributed by atoms with Crippen LogP contribution in [0, 0.1) is 0 Å². The van der Waals surface area contributed by atoms with Gasteiger partial charge in [-0.1, -0.05) is 0 Å². The van der Waals surface area contributed by atoms with E-state index in [2.05, 4.69) is 29.4 Å². The van der Waals surface area contributed by atoms with Crippen LogP contribution in [-0.4, -0.2) is 19.3 Å². The van der Waals surface area contributed by atoms with Crippen molar-refractivity contribution in [2.24, 2.45) is 12.9 Å². The minimum absolute atomic E-state index is 0.0123. The van der Waals surface area contributed by atoms with Gasteiger partial charge in [0.05, 0.1) is 23.8 Å². The fraction of sp³-hybridized carbons (Fsp3) is 0.500. The van der Waals surface area contributed by atoms with Gasteiger partial charge in [0, 0.05) is 31.9 Å². The summed E-state index contributed by atoms with van der Waals surface area (Å²) in [4.78, 5) is 4.31. The lowest BCUT2D eigenvalue weighted by Gasteiger charge is -2.11. The van der Waals surface area contributed by atoms with Gasteiger partial charge in [-0.2, -0.15) is 5.10 Å². The summed E-state index contributed by atoms with van der Waals surface area (Å²) in [5.41, 5.74) is 4.73. The van der Waals surface area contributed by atoms with Crippen LogP contribution in [0.5, 0.6) is 0 Å². The molecule has 0 aliphatic heterocycles. The summed E-state index contributed by atoms with van der Waals surface area (Å²) in [5, 5.41) is 4.52. The monoisotopic (exact) mass is 248 g/mol. The molecule has 0 amide bonds. The minimum atomic E-state index is -0.0123. The third-order valence-corrected chi connectivity index (χ3v) is 2.89. The first-order chi connectivity index (χ1) is 8.60. The van der Waals surface area contributed by atoms with Gasteiger partial charge in [-0.3, -0.25) is 16.0 Å². The number of hydrogen-bond donors (Lipinski definition) is 2. The molecule has 2 heterocycles. The van der Waals surface area contributed by atoms with Crippen molar-refractivity contribution < 1.29 is 0 Å². The van der Waals surface area contributed by atoms with E-state index < -0.39 is 0 Å². The van der Waals surface area contributed by atoms with Crippen LogP contribution in [-0.2, 0) is 13.5 Å². The zero-order valence-corrected chi connectivity index (χ0v) is 11.0. The van der Waals surface area contributed by atoms with E-state index in [-0.39, 0.29) is 6.04 Å². The van der Waals surface area contributed by atoms with Gasteiger partial charge in [-0.25, -0.2) is 4.98 Å². The van der Waals surface area contributed by atoms with Crippen molar-refractivity contribution >= 4 is 0 Å². The second kappa shape index (κ2) is 5.32. The quantitative estimate of drug-likeness (QED) is 0.610. The summed E-state index contributed by atoms with van der Waals surface area (Å²) in [6, 6.07) is 2.38. The molecule has 0 aliphatic rings. The second-order valence-electron chi connectivity index (χ2n) is 4.77. The standard InChI is InChI=1S/C12H20N6/c1-9(2)18-5-4-10(16-18)6-11(15-13)12-7-17(3)8-14-12/h4-5,7-9,11,15H,6,13H2,1-3H3. The first-order valence-corrected chi connectivity index (χ1v) is 6.08. The van der Waals surface area contributed by atoms with Crippen molar-refractivity contribution in [3.8, 4) is 0 Å². The van der Waals surface area contributed by atoms with Gasteiger partial charge >= 0.3 is 0 Å². The lowest BCUT2D eigenvalue weighted by atomic mass is 10.1. The number of nitrogens with two attached hydrogens (primary N) is 1. The maximum Gasteiger partial charge on any atom is 0.0947 e. The molecule has 2 rings (SSSR count). The molecule has 0 aliphatic carbocycles. The molecule has 0 bridgehead atoms. The van der Waals surface area contributed by atoms with Crippen molar-refractivity contribution in [2.45, 2.75) is 32.4 Å². The number of hydrogen-bond acceptors (Lipinski definition) is 4. The molecule has 3 N–H and O–H groups in total. The van der Waals surface area contributed by atoms with Crippen LogP contribution in [0.25, 0.3) is 0 Å². The lowest BCUT2D eigenvalue weighted by Crippen LogP contribution is -2.30. The van der Waals surface area contributed by atoms with Crippen LogP contribution < -0.4 is 11.3 Å². The Balaban J connectivity index is 2.10. The molecule has 98 valence electrons. The summed E-state index contributed by atoms with van der Waals surface area (Å²) in [6.45, 7) is 4.21.